The van der Waals surface area contributed by atoms with Crippen molar-refractivity contribution in [2.24, 2.45) is 0 Å². The van der Waals surface area contributed by atoms with Crippen LogP contribution in [0.3, 0.4) is 0 Å². The molecule has 1 N–H and O–H groups in total. The summed E-state index contributed by atoms with van der Waals surface area (Å²) in [6, 6.07) is 4.38. The summed E-state index contributed by atoms with van der Waals surface area (Å²) in [5.41, 5.74) is 0.879. The van der Waals surface area contributed by atoms with Gasteiger partial charge in [-0.2, -0.15) is 0 Å². The van der Waals surface area contributed by atoms with Crippen molar-refractivity contribution in [2.75, 3.05) is 13.2 Å². The van der Waals surface area contributed by atoms with Crippen LogP contribution in [-0.4, -0.2) is 28.5 Å². The Hall–Kier alpha value is -0.340. The van der Waals surface area contributed by atoms with E-state index in [0.717, 1.165) is 12.0 Å². The second-order valence-corrected chi connectivity index (χ2v) is 9.67. The van der Waals surface area contributed by atoms with E-state index in [1.807, 2.05) is 20.8 Å². The summed E-state index contributed by atoms with van der Waals surface area (Å²) in [6.45, 7) is 7.16. The number of rotatable bonds is 6. The lowest BCUT2D eigenvalue weighted by atomic mass is 10.0. The first kappa shape index (κ1) is 20.0. The molecule has 0 radical (unpaired) electrons. The average Bonchev–Trinajstić information content (AvgIpc) is 2.51. The highest BCUT2D eigenvalue weighted by molar-refractivity contribution is 9.10. The van der Waals surface area contributed by atoms with Gasteiger partial charge in [0.25, 0.3) is 0 Å². The molecule has 136 valence electrons. The molecule has 1 saturated heterocycles. The summed E-state index contributed by atoms with van der Waals surface area (Å²) in [7, 11) is -1.23. The third-order valence-electron chi connectivity index (χ3n) is 3.73. The van der Waals surface area contributed by atoms with Crippen LogP contribution in [0.5, 0.6) is 0 Å². The zero-order valence-electron chi connectivity index (χ0n) is 14.3. The minimum absolute atomic E-state index is 0.186. The number of halogens is 2. The SMILES string of the molecule is CC(C)(C)S(=O)N[C@@H](CCC1OCCCO1)c1ccc(F)cc1Br. The molecule has 0 aliphatic carbocycles. The van der Waals surface area contributed by atoms with E-state index < -0.39 is 11.0 Å². The summed E-state index contributed by atoms with van der Waals surface area (Å²) in [4.78, 5) is 0. The molecule has 2 atom stereocenters. The standard InChI is InChI=1S/C17H25BrFNO3S/c1-17(2,3)24(21)20-15(7-8-16-22-9-4-10-23-16)13-6-5-12(19)11-14(13)18/h5-6,11,15-16,20H,4,7-10H2,1-3H3/t15-,24?/m0/s1. The van der Waals surface area contributed by atoms with Crippen LogP contribution in [-0.2, 0) is 20.5 Å². The van der Waals surface area contributed by atoms with Crippen LogP contribution in [0.4, 0.5) is 4.39 Å². The van der Waals surface area contributed by atoms with Gasteiger partial charge in [0.1, 0.15) is 5.82 Å². The summed E-state index contributed by atoms with van der Waals surface area (Å²) in [5, 5.41) is 0. The molecule has 0 amide bonds. The second-order valence-electron chi connectivity index (χ2n) is 6.82. The predicted octanol–water partition coefficient (Wildman–Crippen LogP) is 4.22. The largest absolute Gasteiger partial charge is 0.353 e. The first-order valence-corrected chi connectivity index (χ1v) is 10.1. The molecule has 2 rings (SSSR count). The molecule has 0 aromatic heterocycles. The van der Waals surface area contributed by atoms with Gasteiger partial charge in [0, 0.05) is 16.9 Å². The summed E-state index contributed by atoms with van der Waals surface area (Å²) in [6.07, 6.45) is 2.04. The minimum atomic E-state index is -1.23. The van der Waals surface area contributed by atoms with Crippen LogP contribution < -0.4 is 4.72 Å². The molecule has 1 heterocycles. The van der Waals surface area contributed by atoms with Crippen molar-refractivity contribution in [3.63, 3.8) is 0 Å². The molecule has 7 heteroatoms. The van der Waals surface area contributed by atoms with Gasteiger partial charge < -0.3 is 9.47 Å². The fraction of sp³-hybridized carbons (Fsp3) is 0.647. The Morgan fingerprint density at radius 3 is 2.62 bits per heavy atom. The molecule has 0 bridgehead atoms. The smallest absolute Gasteiger partial charge is 0.157 e. The highest BCUT2D eigenvalue weighted by Crippen LogP contribution is 2.30. The van der Waals surface area contributed by atoms with Gasteiger partial charge >= 0.3 is 0 Å². The highest BCUT2D eigenvalue weighted by atomic mass is 79.9. The lowest BCUT2D eigenvalue weighted by molar-refractivity contribution is -0.182. The second kappa shape index (κ2) is 8.85. The van der Waals surface area contributed by atoms with Crippen LogP contribution in [0.15, 0.2) is 22.7 Å². The number of benzene rings is 1. The van der Waals surface area contributed by atoms with E-state index in [4.69, 9.17) is 9.47 Å². The third kappa shape index (κ3) is 5.88. The van der Waals surface area contributed by atoms with E-state index in [0.29, 0.717) is 30.5 Å². The molecular weight excluding hydrogens is 397 g/mol. The zero-order valence-corrected chi connectivity index (χ0v) is 16.7. The molecule has 1 fully saturated rings. The molecule has 0 spiro atoms. The summed E-state index contributed by atoms with van der Waals surface area (Å²) in [5.74, 6) is -0.305. The van der Waals surface area contributed by atoms with Gasteiger partial charge in [-0.15, -0.1) is 0 Å². The van der Waals surface area contributed by atoms with Crippen molar-refractivity contribution in [1.29, 1.82) is 0 Å². The molecule has 1 unspecified atom stereocenters. The number of nitrogens with one attached hydrogen (secondary N) is 1. The van der Waals surface area contributed by atoms with Crippen molar-refractivity contribution in [1.82, 2.24) is 4.72 Å². The van der Waals surface area contributed by atoms with E-state index in [2.05, 4.69) is 20.7 Å². The predicted molar refractivity (Wildman–Crippen MR) is 97.4 cm³/mol. The van der Waals surface area contributed by atoms with Gasteiger partial charge in [0.05, 0.1) is 28.9 Å². The van der Waals surface area contributed by atoms with E-state index in [1.54, 1.807) is 6.07 Å². The molecule has 4 nitrogen and oxygen atoms in total. The van der Waals surface area contributed by atoms with E-state index in [9.17, 15) is 8.60 Å². The topological polar surface area (TPSA) is 47.6 Å². The van der Waals surface area contributed by atoms with Crippen molar-refractivity contribution < 1.29 is 18.1 Å². The van der Waals surface area contributed by atoms with Crippen LogP contribution in [0.1, 0.15) is 51.6 Å². The van der Waals surface area contributed by atoms with Gasteiger partial charge in [-0.1, -0.05) is 22.0 Å². The van der Waals surface area contributed by atoms with Gasteiger partial charge in [-0.05, 0) is 51.3 Å². The van der Waals surface area contributed by atoms with Gasteiger partial charge in [-0.25, -0.2) is 13.3 Å². The molecule has 0 saturated carbocycles. The minimum Gasteiger partial charge on any atom is -0.353 e. The molecule has 1 aromatic rings. The van der Waals surface area contributed by atoms with Crippen molar-refractivity contribution >= 4 is 26.9 Å². The molecule has 24 heavy (non-hydrogen) atoms. The Morgan fingerprint density at radius 1 is 1.38 bits per heavy atom. The normalized spacial score (nSPS) is 19.2. The molecule has 1 aliphatic heterocycles. The van der Waals surface area contributed by atoms with Crippen molar-refractivity contribution in [3.05, 3.63) is 34.1 Å². The Morgan fingerprint density at radius 2 is 2.04 bits per heavy atom. The van der Waals surface area contributed by atoms with Gasteiger partial charge in [-0.3, -0.25) is 0 Å². The maximum absolute atomic E-state index is 13.4. The van der Waals surface area contributed by atoms with E-state index >= 15 is 0 Å². The Labute approximate surface area is 154 Å². The monoisotopic (exact) mass is 421 g/mol. The lowest BCUT2D eigenvalue weighted by Crippen LogP contribution is -2.36. The van der Waals surface area contributed by atoms with Crippen LogP contribution >= 0.6 is 15.9 Å². The van der Waals surface area contributed by atoms with Crippen molar-refractivity contribution in [2.45, 2.75) is 57.1 Å². The fourth-order valence-electron chi connectivity index (χ4n) is 2.37. The average molecular weight is 422 g/mol. The molecule has 1 aliphatic rings. The third-order valence-corrected chi connectivity index (χ3v) is 6.03. The van der Waals surface area contributed by atoms with Crippen LogP contribution in [0.25, 0.3) is 0 Å². The van der Waals surface area contributed by atoms with Gasteiger partial charge in [0.15, 0.2) is 6.29 Å². The van der Waals surface area contributed by atoms with Crippen LogP contribution in [0, 0.1) is 5.82 Å². The number of ether oxygens (including phenoxy) is 2. The highest BCUT2D eigenvalue weighted by Gasteiger charge is 2.26. The maximum Gasteiger partial charge on any atom is 0.157 e. The van der Waals surface area contributed by atoms with Crippen LogP contribution in [0.2, 0.25) is 0 Å². The fourth-order valence-corrected chi connectivity index (χ4v) is 3.86. The Bertz CT molecular complexity index is 573. The Balaban J connectivity index is 2.12. The Kier molecular flexibility index (Phi) is 7.37. The quantitative estimate of drug-likeness (QED) is 0.747. The molecule has 1 aromatic carbocycles. The number of hydrogen-bond donors (Lipinski definition) is 1. The van der Waals surface area contributed by atoms with Crippen molar-refractivity contribution in [3.8, 4) is 0 Å². The van der Waals surface area contributed by atoms with E-state index in [1.165, 1.54) is 12.1 Å². The number of hydrogen-bond acceptors (Lipinski definition) is 3. The lowest BCUT2D eigenvalue weighted by Gasteiger charge is -2.28. The first-order valence-electron chi connectivity index (χ1n) is 8.13. The summed E-state index contributed by atoms with van der Waals surface area (Å²) >= 11 is 3.41. The van der Waals surface area contributed by atoms with E-state index in [-0.39, 0.29) is 22.9 Å². The maximum atomic E-state index is 13.4. The van der Waals surface area contributed by atoms with Gasteiger partial charge in [0.2, 0.25) is 0 Å². The first-order chi connectivity index (χ1) is 11.3. The summed E-state index contributed by atoms with van der Waals surface area (Å²) < 4.78 is 40.5. The molecular formula is C17H25BrFNO3S. The zero-order chi connectivity index (χ0) is 17.7.